The Balaban J connectivity index is 2.09. The van der Waals surface area contributed by atoms with E-state index in [2.05, 4.69) is 4.99 Å². The molecule has 9 heteroatoms. The van der Waals surface area contributed by atoms with Gasteiger partial charge in [-0.2, -0.15) is 4.99 Å². The summed E-state index contributed by atoms with van der Waals surface area (Å²) in [5.41, 5.74) is 1.10. The van der Waals surface area contributed by atoms with Gasteiger partial charge >= 0.3 is 0 Å². The van der Waals surface area contributed by atoms with Gasteiger partial charge in [0.15, 0.2) is 16.3 Å². The molecule has 0 saturated heterocycles. The van der Waals surface area contributed by atoms with Crippen molar-refractivity contribution in [3.63, 3.8) is 0 Å². The van der Waals surface area contributed by atoms with Gasteiger partial charge in [0.05, 0.1) is 29.4 Å². The number of benzene rings is 2. The van der Waals surface area contributed by atoms with E-state index in [1.54, 1.807) is 14.2 Å². The third-order valence-corrected chi connectivity index (χ3v) is 5.07. The predicted octanol–water partition coefficient (Wildman–Crippen LogP) is 3.39. The number of carbonyl (C=O) groups excluding carboxylic acids is 1. The molecule has 3 rings (SSSR count). The van der Waals surface area contributed by atoms with Crippen molar-refractivity contribution in [3.05, 3.63) is 56.9 Å². The summed E-state index contributed by atoms with van der Waals surface area (Å²) in [7, 11) is 3.13. The van der Waals surface area contributed by atoms with Gasteiger partial charge in [0, 0.05) is 36.4 Å². The number of carbonyl (C=O) groups is 1. The van der Waals surface area contributed by atoms with Crippen LogP contribution in [-0.2, 0) is 6.54 Å². The van der Waals surface area contributed by atoms with Crippen LogP contribution in [-0.4, -0.2) is 29.6 Å². The second-order valence-corrected chi connectivity index (χ2v) is 6.53. The fourth-order valence-electron chi connectivity index (χ4n) is 2.66. The summed E-state index contributed by atoms with van der Waals surface area (Å²) < 4.78 is 13.5. The molecule has 0 N–H and O–H groups in total. The number of methoxy groups -OCH3 is 2. The van der Waals surface area contributed by atoms with Gasteiger partial charge < -0.3 is 14.0 Å². The van der Waals surface area contributed by atoms with Gasteiger partial charge in [0.2, 0.25) is 0 Å². The van der Waals surface area contributed by atoms with Crippen LogP contribution in [0.2, 0.25) is 0 Å². The zero-order valence-electron chi connectivity index (χ0n) is 15.0. The topological polar surface area (TPSA) is 96.0 Å². The molecule has 1 heterocycles. The summed E-state index contributed by atoms with van der Waals surface area (Å²) in [6.07, 6.45) is 0. The van der Waals surface area contributed by atoms with Crippen LogP contribution in [0.1, 0.15) is 17.3 Å². The Labute approximate surface area is 158 Å². The first-order valence-electron chi connectivity index (χ1n) is 8.07. The fourth-order valence-corrected chi connectivity index (χ4v) is 3.77. The first-order valence-corrected chi connectivity index (χ1v) is 8.89. The number of aromatic nitrogens is 1. The Morgan fingerprint density at radius 2 is 1.81 bits per heavy atom. The number of fused-ring (bicyclic) bond motifs is 1. The van der Waals surface area contributed by atoms with Crippen molar-refractivity contribution in [3.8, 4) is 11.5 Å². The summed E-state index contributed by atoms with van der Waals surface area (Å²) in [6, 6.07) is 9.08. The van der Waals surface area contributed by atoms with Crippen LogP contribution in [0.4, 0.5) is 5.69 Å². The lowest BCUT2D eigenvalue weighted by Crippen LogP contribution is -2.15. The average Bonchev–Trinajstić information content (AvgIpc) is 3.02. The molecule has 0 bridgehead atoms. The smallest absolute Gasteiger partial charge is 0.279 e. The fraction of sp³-hybridized carbons (Fsp3) is 0.222. The molecule has 0 aliphatic rings. The van der Waals surface area contributed by atoms with Crippen LogP contribution >= 0.6 is 11.3 Å². The van der Waals surface area contributed by atoms with Crippen molar-refractivity contribution in [1.82, 2.24) is 4.57 Å². The first kappa shape index (κ1) is 18.6. The number of hydrogen-bond acceptors (Lipinski definition) is 6. The lowest BCUT2D eigenvalue weighted by molar-refractivity contribution is -0.384. The highest BCUT2D eigenvalue weighted by atomic mass is 32.1. The quantitative estimate of drug-likeness (QED) is 0.494. The normalized spacial score (nSPS) is 11.6. The highest BCUT2D eigenvalue weighted by Gasteiger charge is 2.13. The molecule has 2 aromatic carbocycles. The largest absolute Gasteiger partial charge is 0.493 e. The molecular formula is C18H17N3O5S. The molecule has 1 amide bonds. The SMILES string of the molecule is CCn1c(=NC(=O)c2ccc([N+](=O)[O-])cc2)sc2cc(OC)c(OC)cc21. The van der Waals surface area contributed by atoms with E-state index < -0.39 is 10.8 Å². The number of nitro groups is 1. The van der Waals surface area contributed by atoms with Gasteiger partial charge in [0.1, 0.15) is 0 Å². The second-order valence-electron chi connectivity index (χ2n) is 5.52. The summed E-state index contributed by atoms with van der Waals surface area (Å²) in [5, 5.41) is 10.7. The number of rotatable bonds is 5. The number of nitro benzene ring substituents is 1. The summed E-state index contributed by atoms with van der Waals surface area (Å²) in [6.45, 7) is 2.57. The van der Waals surface area contributed by atoms with Crippen LogP contribution < -0.4 is 14.3 Å². The van der Waals surface area contributed by atoms with Crippen LogP contribution in [0.25, 0.3) is 10.2 Å². The molecule has 0 unspecified atom stereocenters. The monoisotopic (exact) mass is 387 g/mol. The van der Waals surface area contributed by atoms with Gasteiger partial charge in [-0.1, -0.05) is 11.3 Å². The molecule has 0 atom stereocenters. The summed E-state index contributed by atoms with van der Waals surface area (Å²) in [4.78, 5) is 27.5. The average molecular weight is 387 g/mol. The molecule has 0 radical (unpaired) electrons. The van der Waals surface area contributed by atoms with E-state index in [-0.39, 0.29) is 11.3 Å². The van der Waals surface area contributed by atoms with Gasteiger partial charge in [-0.25, -0.2) is 0 Å². The van der Waals surface area contributed by atoms with E-state index in [0.717, 1.165) is 10.2 Å². The van der Waals surface area contributed by atoms with Gasteiger partial charge in [-0.05, 0) is 19.1 Å². The summed E-state index contributed by atoms with van der Waals surface area (Å²) >= 11 is 1.36. The molecule has 8 nitrogen and oxygen atoms in total. The number of aryl methyl sites for hydroxylation is 1. The van der Waals surface area contributed by atoms with Crippen molar-refractivity contribution >= 4 is 33.1 Å². The van der Waals surface area contributed by atoms with E-state index in [1.807, 2.05) is 23.6 Å². The van der Waals surface area contributed by atoms with Crippen LogP contribution in [0.15, 0.2) is 41.4 Å². The number of amides is 1. The Kier molecular flexibility index (Phi) is 5.22. The van der Waals surface area contributed by atoms with Crippen molar-refractivity contribution in [2.24, 2.45) is 4.99 Å². The first-order chi connectivity index (χ1) is 13.0. The Hall–Kier alpha value is -3.20. The number of ether oxygens (including phenoxy) is 2. The molecule has 0 saturated carbocycles. The minimum Gasteiger partial charge on any atom is -0.493 e. The van der Waals surface area contributed by atoms with Crippen molar-refractivity contribution < 1.29 is 19.2 Å². The third-order valence-electron chi connectivity index (χ3n) is 4.03. The molecule has 0 aliphatic carbocycles. The number of thiazole rings is 1. The molecular weight excluding hydrogens is 370 g/mol. The highest BCUT2D eigenvalue weighted by molar-refractivity contribution is 7.16. The Morgan fingerprint density at radius 1 is 1.19 bits per heavy atom. The van der Waals surface area contributed by atoms with Crippen molar-refractivity contribution in [2.75, 3.05) is 14.2 Å². The lowest BCUT2D eigenvalue weighted by atomic mass is 10.2. The maximum atomic E-state index is 12.5. The molecule has 140 valence electrons. The molecule has 3 aromatic rings. The number of nitrogens with zero attached hydrogens (tertiary/aromatic N) is 3. The zero-order valence-corrected chi connectivity index (χ0v) is 15.8. The van der Waals surface area contributed by atoms with E-state index in [1.165, 1.54) is 35.6 Å². The molecule has 0 fully saturated rings. The Bertz CT molecular complexity index is 1080. The number of hydrogen-bond donors (Lipinski definition) is 0. The van der Waals surface area contributed by atoms with Crippen LogP contribution in [0, 0.1) is 10.1 Å². The van der Waals surface area contributed by atoms with E-state index in [0.29, 0.717) is 22.8 Å². The van der Waals surface area contributed by atoms with Gasteiger partial charge in [-0.15, -0.1) is 0 Å². The maximum Gasteiger partial charge on any atom is 0.279 e. The molecule has 1 aromatic heterocycles. The van der Waals surface area contributed by atoms with E-state index in [4.69, 9.17) is 9.47 Å². The minimum atomic E-state index is -0.511. The van der Waals surface area contributed by atoms with Gasteiger partial charge in [0.25, 0.3) is 11.6 Å². The lowest BCUT2D eigenvalue weighted by Gasteiger charge is -2.08. The standard InChI is InChI=1S/C18H17N3O5S/c1-4-20-13-9-14(25-2)15(26-3)10-16(13)27-18(20)19-17(22)11-5-7-12(8-6-11)21(23)24/h5-10H,4H2,1-3H3. The molecule has 27 heavy (non-hydrogen) atoms. The zero-order chi connectivity index (χ0) is 19.6. The van der Waals surface area contributed by atoms with Crippen molar-refractivity contribution in [1.29, 1.82) is 0 Å². The molecule has 0 aliphatic heterocycles. The summed E-state index contributed by atoms with van der Waals surface area (Å²) in [5.74, 6) is 0.735. The van der Waals surface area contributed by atoms with E-state index in [9.17, 15) is 14.9 Å². The van der Waals surface area contributed by atoms with E-state index >= 15 is 0 Å². The van der Waals surface area contributed by atoms with Gasteiger partial charge in [-0.3, -0.25) is 14.9 Å². The molecule has 0 spiro atoms. The highest BCUT2D eigenvalue weighted by Crippen LogP contribution is 2.33. The predicted molar refractivity (Wildman–Crippen MR) is 102 cm³/mol. The third kappa shape index (κ3) is 3.54. The van der Waals surface area contributed by atoms with Crippen LogP contribution in [0.5, 0.6) is 11.5 Å². The Morgan fingerprint density at radius 3 is 2.37 bits per heavy atom. The van der Waals surface area contributed by atoms with Crippen molar-refractivity contribution in [2.45, 2.75) is 13.5 Å². The van der Waals surface area contributed by atoms with Crippen LogP contribution in [0.3, 0.4) is 0 Å². The second kappa shape index (κ2) is 7.58. The maximum absolute atomic E-state index is 12.5. The minimum absolute atomic E-state index is 0.0729. The number of non-ortho nitro benzene ring substituents is 1.